The van der Waals surface area contributed by atoms with Crippen molar-refractivity contribution in [2.75, 3.05) is 50.1 Å². The second-order valence-electron chi connectivity index (χ2n) is 6.01. The Kier molecular flexibility index (Phi) is 6.20. The van der Waals surface area contributed by atoms with Crippen molar-refractivity contribution < 1.29 is 19.1 Å². The summed E-state index contributed by atoms with van der Waals surface area (Å²) in [6, 6.07) is 6.84. The topological polar surface area (TPSA) is 110 Å². The van der Waals surface area contributed by atoms with Crippen LogP contribution in [0.2, 0.25) is 0 Å². The summed E-state index contributed by atoms with van der Waals surface area (Å²) in [5, 5.41) is 11.0. The van der Waals surface area contributed by atoms with E-state index in [1.165, 1.54) is 7.11 Å². The summed E-state index contributed by atoms with van der Waals surface area (Å²) in [6.45, 7) is 4.49. The summed E-state index contributed by atoms with van der Waals surface area (Å²) in [6.07, 6.45) is 1.28. The fraction of sp³-hybridized carbons (Fsp3) is 0.389. The molecular weight excluding hydrogens is 364 g/mol. The standard InChI is InChI=1S/C18H22N6O4/c1-3-28-18(26)24-9-7-23(8-10-24)15-12-19-22-17(21-15)20-14-6-4-5-13(11-14)16(25)27-2/h4-6,11-12H,3,7-10H2,1-2H3,(H,20,21,22). The van der Waals surface area contributed by atoms with E-state index < -0.39 is 5.97 Å². The SMILES string of the molecule is CCOC(=O)N1CCN(c2cnnc(Nc3cccc(C(=O)OC)c3)n2)CC1. The van der Waals surface area contributed by atoms with E-state index in [-0.39, 0.29) is 6.09 Å². The zero-order valence-electron chi connectivity index (χ0n) is 15.8. The second-order valence-corrected chi connectivity index (χ2v) is 6.01. The molecule has 0 atom stereocenters. The lowest BCUT2D eigenvalue weighted by molar-refractivity contribution is 0.0600. The minimum atomic E-state index is -0.420. The van der Waals surface area contributed by atoms with Gasteiger partial charge in [0.25, 0.3) is 0 Å². The smallest absolute Gasteiger partial charge is 0.409 e. The number of carbonyl (C=O) groups excluding carboxylic acids is 2. The van der Waals surface area contributed by atoms with Gasteiger partial charge in [-0.2, -0.15) is 10.1 Å². The molecule has 0 saturated carbocycles. The number of esters is 1. The van der Waals surface area contributed by atoms with Gasteiger partial charge in [-0.25, -0.2) is 9.59 Å². The molecule has 1 aromatic heterocycles. The first kappa shape index (κ1) is 19.3. The molecule has 0 spiro atoms. The second kappa shape index (κ2) is 8.98. The number of amides is 1. The number of nitrogens with one attached hydrogen (secondary N) is 1. The van der Waals surface area contributed by atoms with E-state index in [2.05, 4.69) is 20.5 Å². The van der Waals surface area contributed by atoms with Crippen molar-refractivity contribution in [2.24, 2.45) is 0 Å². The fourth-order valence-corrected chi connectivity index (χ4v) is 2.80. The van der Waals surface area contributed by atoms with Crippen LogP contribution in [-0.2, 0) is 9.47 Å². The third kappa shape index (κ3) is 4.64. The highest BCUT2D eigenvalue weighted by atomic mass is 16.6. The Morgan fingerprint density at radius 2 is 2.00 bits per heavy atom. The summed E-state index contributed by atoms with van der Waals surface area (Å²) < 4.78 is 9.76. The van der Waals surface area contributed by atoms with E-state index in [9.17, 15) is 9.59 Å². The summed E-state index contributed by atoms with van der Waals surface area (Å²) in [7, 11) is 1.33. The molecule has 10 heteroatoms. The molecule has 1 N–H and O–H groups in total. The molecule has 2 aromatic rings. The van der Waals surface area contributed by atoms with Gasteiger partial charge in [-0.05, 0) is 25.1 Å². The zero-order chi connectivity index (χ0) is 19.9. The molecule has 1 aliphatic heterocycles. The van der Waals surface area contributed by atoms with Gasteiger partial charge in [0, 0.05) is 31.9 Å². The van der Waals surface area contributed by atoms with Gasteiger partial charge >= 0.3 is 12.1 Å². The van der Waals surface area contributed by atoms with Crippen molar-refractivity contribution >= 4 is 29.5 Å². The number of benzene rings is 1. The lowest BCUT2D eigenvalue weighted by atomic mass is 10.2. The average molecular weight is 386 g/mol. The predicted molar refractivity (Wildman–Crippen MR) is 102 cm³/mol. The maximum atomic E-state index is 11.8. The van der Waals surface area contributed by atoms with E-state index in [0.717, 1.165) is 0 Å². The Hall–Kier alpha value is -3.43. The maximum absolute atomic E-state index is 11.8. The number of aromatic nitrogens is 3. The molecule has 1 fully saturated rings. The van der Waals surface area contributed by atoms with Crippen LogP contribution in [0, 0.1) is 0 Å². The minimum Gasteiger partial charge on any atom is -0.465 e. The summed E-state index contributed by atoms with van der Waals surface area (Å²) in [4.78, 5) is 31.6. The van der Waals surface area contributed by atoms with Crippen LogP contribution in [0.15, 0.2) is 30.5 Å². The zero-order valence-corrected chi connectivity index (χ0v) is 15.8. The molecule has 2 heterocycles. The summed E-state index contributed by atoms with van der Waals surface area (Å²) in [5.41, 5.74) is 1.07. The van der Waals surface area contributed by atoms with Crippen LogP contribution >= 0.6 is 0 Å². The highest BCUT2D eigenvalue weighted by molar-refractivity contribution is 5.90. The molecule has 1 aromatic carbocycles. The van der Waals surface area contributed by atoms with Gasteiger partial charge < -0.3 is 24.6 Å². The molecule has 28 heavy (non-hydrogen) atoms. The monoisotopic (exact) mass is 386 g/mol. The molecule has 1 amide bonds. The van der Waals surface area contributed by atoms with Gasteiger partial charge in [-0.3, -0.25) is 0 Å². The number of ether oxygens (including phenoxy) is 2. The van der Waals surface area contributed by atoms with E-state index in [4.69, 9.17) is 9.47 Å². The number of methoxy groups -OCH3 is 1. The number of nitrogens with zero attached hydrogens (tertiary/aromatic N) is 5. The lowest BCUT2D eigenvalue weighted by Crippen LogP contribution is -2.49. The van der Waals surface area contributed by atoms with Gasteiger partial charge in [-0.1, -0.05) is 6.07 Å². The Bertz CT molecular complexity index is 838. The van der Waals surface area contributed by atoms with Crippen LogP contribution < -0.4 is 10.2 Å². The van der Waals surface area contributed by atoms with Crippen molar-refractivity contribution in [3.8, 4) is 0 Å². The number of anilines is 3. The van der Waals surface area contributed by atoms with Crippen LogP contribution in [0.25, 0.3) is 0 Å². The minimum absolute atomic E-state index is 0.296. The first-order chi connectivity index (χ1) is 13.6. The van der Waals surface area contributed by atoms with Crippen LogP contribution in [0.5, 0.6) is 0 Å². The Labute approximate surface area is 162 Å². The van der Waals surface area contributed by atoms with Gasteiger partial charge in [0.15, 0.2) is 5.82 Å². The lowest BCUT2D eigenvalue weighted by Gasteiger charge is -2.34. The molecule has 1 aliphatic rings. The first-order valence-corrected chi connectivity index (χ1v) is 8.92. The largest absolute Gasteiger partial charge is 0.465 e. The van der Waals surface area contributed by atoms with E-state index in [1.54, 1.807) is 42.3 Å². The molecule has 148 valence electrons. The van der Waals surface area contributed by atoms with Gasteiger partial charge in [0.05, 0.1) is 25.5 Å². The van der Waals surface area contributed by atoms with Gasteiger partial charge in [-0.15, -0.1) is 5.10 Å². The van der Waals surface area contributed by atoms with Gasteiger partial charge in [0.2, 0.25) is 5.95 Å². The van der Waals surface area contributed by atoms with Crippen molar-refractivity contribution in [1.82, 2.24) is 20.1 Å². The molecule has 0 radical (unpaired) electrons. The highest BCUT2D eigenvalue weighted by Crippen LogP contribution is 2.18. The maximum Gasteiger partial charge on any atom is 0.409 e. The Morgan fingerprint density at radius 1 is 1.21 bits per heavy atom. The van der Waals surface area contributed by atoms with E-state index >= 15 is 0 Å². The molecule has 0 bridgehead atoms. The van der Waals surface area contributed by atoms with Crippen LogP contribution in [0.3, 0.4) is 0 Å². The molecule has 0 unspecified atom stereocenters. The predicted octanol–water partition coefficient (Wildman–Crippen LogP) is 1.68. The molecule has 3 rings (SSSR count). The summed E-state index contributed by atoms with van der Waals surface area (Å²) in [5.74, 6) is 0.549. The quantitative estimate of drug-likeness (QED) is 0.767. The Morgan fingerprint density at radius 3 is 2.71 bits per heavy atom. The van der Waals surface area contributed by atoms with Crippen molar-refractivity contribution in [3.63, 3.8) is 0 Å². The molecular formula is C18H22N6O4. The van der Waals surface area contributed by atoms with Crippen molar-refractivity contribution in [1.29, 1.82) is 0 Å². The fourth-order valence-electron chi connectivity index (χ4n) is 2.80. The van der Waals surface area contributed by atoms with Crippen LogP contribution in [0.1, 0.15) is 17.3 Å². The number of hydrogen-bond donors (Lipinski definition) is 1. The Balaban J connectivity index is 1.65. The van der Waals surface area contributed by atoms with Crippen molar-refractivity contribution in [3.05, 3.63) is 36.0 Å². The van der Waals surface area contributed by atoms with Gasteiger partial charge in [0.1, 0.15) is 0 Å². The molecule has 1 saturated heterocycles. The highest BCUT2D eigenvalue weighted by Gasteiger charge is 2.23. The summed E-state index contributed by atoms with van der Waals surface area (Å²) >= 11 is 0. The number of piperazine rings is 1. The molecule has 10 nitrogen and oxygen atoms in total. The number of rotatable bonds is 5. The first-order valence-electron chi connectivity index (χ1n) is 8.92. The third-order valence-corrected chi connectivity index (χ3v) is 4.22. The third-order valence-electron chi connectivity index (χ3n) is 4.22. The molecule has 0 aliphatic carbocycles. The van der Waals surface area contributed by atoms with E-state index in [0.29, 0.717) is 55.8 Å². The normalized spacial score (nSPS) is 13.8. The average Bonchev–Trinajstić information content (AvgIpc) is 2.74. The number of carbonyl (C=O) groups is 2. The van der Waals surface area contributed by atoms with Crippen LogP contribution in [-0.4, -0.2) is 72.0 Å². The van der Waals surface area contributed by atoms with Crippen LogP contribution in [0.4, 0.5) is 22.2 Å². The number of hydrogen-bond acceptors (Lipinski definition) is 9. The van der Waals surface area contributed by atoms with Crippen molar-refractivity contribution in [2.45, 2.75) is 6.92 Å². The van der Waals surface area contributed by atoms with E-state index in [1.807, 2.05) is 4.90 Å².